The lowest BCUT2D eigenvalue weighted by Crippen LogP contribution is -2.51. The van der Waals surface area contributed by atoms with E-state index in [1.54, 1.807) is 0 Å². The van der Waals surface area contributed by atoms with E-state index in [0.717, 1.165) is 19.2 Å². The SMILES string of the molecule is CN(C(=O)C1CCC(F)(F)CC1)C(F)(c1ccc(Br)cc1)C(F)F. The summed E-state index contributed by atoms with van der Waals surface area (Å²) in [5, 5.41) is 0. The molecule has 1 unspecified atom stereocenters. The van der Waals surface area contributed by atoms with Gasteiger partial charge in [-0.05, 0) is 25.0 Å². The number of rotatable bonds is 4. The van der Waals surface area contributed by atoms with Crippen molar-refractivity contribution in [3.63, 3.8) is 0 Å². The van der Waals surface area contributed by atoms with Crippen molar-refractivity contribution in [2.75, 3.05) is 7.05 Å². The zero-order chi connectivity index (χ0) is 18.1. The zero-order valence-corrected chi connectivity index (χ0v) is 14.5. The van der Waals surface area contributed by atoms with Crippen molar-refractivity contribution in [2.45, 2.75) is 43.8 Å². The van der Waals surface area contributed by atoms with Gasteiger partial charge in [-0.1, -0.05) is 28.1 Å². The second-order valence-corrected chi connectivity index (χ2v) is 6.92. The van der Waals surface area contributed by atoms with Gasteiger partial charge in [0, 0.05) is 35.8 Å². The third-order valence-corrected chi connectivity index (χ3v) is 4.95. The predicted molar refractivity (Wildman–Crippen MR) is 82.6 cm³/mol. The normalized spacial score (nSPS) is 20.7. The van der Waals surface area contributed by atoms with Crippen molar-refractivity contribution in [1.82, 2.24) is 4.90 Å². The first-order valence-corrected chi connectivity index (χ1v) is 8.26. The molecule has 0 spiro atoms. The molecule has 0 aromatic heterocycles. The van der Waals surface area contributed by atoms with Crippen LogP contribution < -0.4 is 0 Å². The molecule has 0 heterocycles. The second kappa shape index (κ2) is 6.98. The molecule has 1 aliphatic rings. The van der Waals surface area contributed by atoms with Crippen molar-refractivity contribution in [3.05, 3.63) is 34.3 Å². The third-order valence-electron chi connectivity index (χ3n) is 4.42. The Bertz CT molecular complexity index is 585. The van der Waals surface area contributed by atoms with Crippen LogP contribution >= 0.6 is 15.9 Å². The van der Waals surface area contributed by atoms with Gasteiger partial charge in [0.15, 0.2) is 0 Å². The summed E-state index contributed by atoms with van der Waals surface area (Å²) in [6.45, 7) is 0. The molecule has 2 nitrogen and oxygen atoms in total. The van der Waals surface area contributed by atoms with E-state index in [9.17, 15) is 22.4 Å². The van der Waals surface area contributed by atoms with E-state index in [2.05, 4.69) is 15.9 Å². The van der Waals surface area contributed by atoms with Gasteiger partial charge in [0.1, 0.15) is 0 Å². The second-order valence-electron chi connectivity index (χ2n) is 6.01. The van der Waals surface area contributed by atoms with Crippen LogP contribution in [0.1, 0.15) is 31.2 Å². The van der Waals surface area contributed by atoms with Crippen LogP contribution in [0, 0.1) is 5.92 Å². The highest BCUT2D eigenvalue weighted by Gasteiger charge is 2.50. The molecule has 0 saturated heterocycles. The van der Waals surface area contributed by atoms with Crippen molar-refractivity contribution in [2.24, 2.45) is 5.92 Å². The molecule has 1 aliphatic carbocycles. The van der Waals surface area contributed by atoms with Crippen LogP contribution in [0.5, 0.6) is 0 Å². The van der Waals surface area contributed by atoms with Gasteiger partial charge in [-0.3, -0.25) is 4.79 Å². The Labute approximate surface area is 145 Å². The highest BCUT2D eigenvalue weighted by atomic mass is 79.9. The molecule has 0 radical (unpaired) electrons. The third kappa shape index (κ3) is 3.73. The number of carbonyl (C=O) groups is 1. The minimum absolute atomic E-state index is 0.143. The summed E-state index contributed by atoms with van der Waals surface area (Å²) >= 11 is 3.13. The number of benzene rings is 1. The number of alkyl halides is 5. The van der Waals surface area contributed by atoms with Crippen LogP contribution in [0.4, 0.5) is 22.0 Å². The van der Waals surface area contributed by atoms with E-state index < -0.39 is 42.8 Å². The maximum absolute atomic E-state index is 15.1. The largest absolute Gasteiger partial charge is 0.304 e. The summed E-state index contributed by atoms with van der Waals surface area (Å²) in [6, 6.07) is 5.11. The Kier molecular flexibility index (Phi) is 5.57. The lowest BCUT2D eigenvalue weighted by Gasteiger charge is -2.38. The lowest BCUT2D eigenvalue weighted by atomic mass is 9.85. The number of carbonyl (C=O) groups excluding carboxylic acids is 1. The van der Waals surface area contributed by atoms with Gasteiger partial charge in [0.2, 0.25) is 11.8 Å². The van der Waals surface area contributed by atoms with Crippen molar-refractivity contribution >= 4 is 21.8 Å². The number of nitrogens with zero attached hydrogens (tertiary/aromatic N) is 1. The Morgan fingerprint density at radius 2 is 1.75 bits per heavy atom. The molecule has 1 aromatic carbocycles. The topological polar surface area (TPSA) is 20.3 Å². The Balaban J connectivity index is 2.24. The summed E-state index contributed by atoms with van der Waals surface area (Å²) < 4.78 is 69.0. The molecular weight excluding hydrogens is 397 g/mol. The van der Waals surface area contributed by atoms with Crippen LogP contribution in [0.15, 0.2) is 28.7 Å². The molecule has 0 bridgehead atoms. The first-order chi connectivity index (χ1) is 11.1. The van der Waals surface area contributed by atoms with Gasteiger partial charge in [-0.2, -0.15) is 0 Å². The molecule has 2 rings (SSSR count). The maximum Gasteiger partial charge on any atom is 0.294 e. The maximum atomic E-state index is 15.1. The monoisotopic (exact) mass is 413 g/mol. The summed E-state index contributed by atoms with van der Waals surface area (Å²) in [5.41, 5.74) is -0.363. The minimum atomic E-state index is -3.47. The molecule has 1 aromatic rings. The average Bonchev–Trinajstić information content (AvgIpc) is 2.53. The number of amides is 1. The van der Waals surface area contributed by atoms with E-state index >= 15 is 4.39 Å². The van der Waals surface area contributed by atoms with Crippen LogP contribution in [-0.4, -0.2) is 30.2 Å². The smallest absolute Gasteiger partial charge is 0.294 e. The molecule has 1 fully saturated rings. The summed E-state index contributed by atoms with van der Waals surface area (Å²) in [7, 11) is 0.948. The molecule has 134 valence electrons. The van der Waals surface area contributed by atoms with E-state index in [4.69, 9.17) is 0 Å². The highest BCUT2D eigenvalue weighted by Crippen LogP contribution is 2.41. The Hall–Kier alpha value is -1.18. The quantitative estimate of drug-likeness (QED) is 0.495. The fourth-order valence-corrected chi connectivity index (χ4v) is 3.14. The van der Waals surface area contributed by atoms with Crippen LogP contribution in [-0.2, 0) is 10.6 Å². The van der Waals surface area contributed by atoms with Gasteiger partial charge in [-0.15, -0.1) is 0 Å². The lowest BCUT2D eigenvalue weighted by molar-refractivity contribution is -0.175. The molecule has 1 saturated carbocycles. The molecule has 0 N–H and O–H groups in total. The van der Waals surface area contributed by atoms with Gasteiger partial charge in [-0.25, -0.2) is 22.0 Å². The van der Waals surface area contributed by atoms with Gasteiger partial charge < -0.3 is 4.90 Å². The molecular formula is C16H17BrF5NO. The van der Waals surface area contributed by atoms with E-state index in [-0.39, 0.29) is 18.4 Å². The molecule has 1 amide bonds. The van der Waals surface area contributed by atoms with E-state index in [0.29, 0.717) is 9.37 Å². The predicted octanol–water partition coefficient (Wildman–Crippen LogP) is 5.12. The first-order valence-electron chi connectivity index (χ1n) is 7.46. The highest BCUT2D eigenvalue weighted by molar-refractivity contribution is 9.10. The van der Waals surface area contributed by atoms with E-state index in [1.165, 1.54) is 12.1 Å². The fraction of sp³-hybridized carbons (Fsp3) is 0.562. The number of hydrogen-bond acceptors (Lipinski definition) is 1. The molecule has 24 heavy (non-hydrogen) atoms. The number of halogens is 6. The van der Waals surface area contributed by atoms with Crippen LogP contribution in [0.2, 0.25) is 0 Å². The van der Waals surface area contributed by atoms with Crippen molar-refractivity contribution in [1.29, 1.82) is 0 Å². The van der Waals surface area contributed by atoms with Crippen LogP contribution in [0.3, 0.4) is 0 Å². The van der Waals surface area contributed by atoms with Gasteiger partial charge in [0.05, 0.1) is 0 Å². The van der Waals surface area contributed by atoms with E-state index in [1.807, 2.05) is 0 Å². The minimum Gasteiger partial charge on any atom is -0.304 e. The molecule has 0 aliphatic heterocycles. The van der Waals surface area contributed by atoms with Crippen molar-refractivity contribution < 1.29 is 26.7 Å². The summed E-state index contributed by atoms with van der Waals surface area (Å²) in [6.07, 6.45) is -4.75. The van der Waals surface area contributed by atoms with Crippen molar-refractivity contribution in [3.8, 4) is 0 Å². The number of hydrogen-bond donors (Lipinski definition) is 0. The fourth-order valence-electron chi connectivity index (χ4n) is 2.87. The summed E-state index contributed by atoms with van der Waals surface area (Å²) in [4.78, 5) is 12.8. The van der Waals surface area contributed by atoms with Gasteiger partial charge >= 0.3 is 0 Å². The van der Waals surface area contributed by atoms with Gasteiger partial charge in [0.25, 0.3) is 12.2 Å². The molecule has 1 atom stereocenters. The average molecular weight is 414 g/mol. The zero-order valence-electron chi connectivity index (χ0n) is 12.9. The Morgan fingerprint density at radius 1 is 1.25 bits per heavy atom. The molecule has 8 heteroatoms. The Morgan fingerprint density at radius 3 is 2.21 bits per heavy atom. The standard InChI is InChI=1S/C16H17BrF5NO/c1-23(13(24)10-6-8-15(20,21)9-7-10)16(22,14(18)19)11-2-4-12(17)5-3-11/h2-5,10,14H,6-9H2,1H3. The first kappa shape index (κ1) is 19.1. The summed E-state index contributed by atoms with van der Waals surface area (Å²) in [5.74, 6) is -7.91. The van der Waals surface area contributed by atoms with Crippen LogP contribution in [0.25, 0.3) is 0 Å².